The predicted octanol–water partition coefficient (Wildman–Crippen LogP) is 8.38. The highest BCUT2D eigenvalue weighted by molar-refractivity contribution is 5.99. The molecule has 0 spiro atoms. The lowest BCUT2D eigenvalue weighted by Gasteiger charge is -2.21. The summed E-state index contributed by atoms with van der Waals surface area (Å²) in [6, 6.07) is 19.0. The number of carbonyl (C=O) groups is 3. The van der Waals surface area contributed by atoms with Crippen LogP contribution in [0.1, 0.15) is 73.6 Å². The van der Waals surface area contributed by atoms with Gasteiger partial charge in [0.2, 0.25) is 0 Å². The first-order chi connectivity index (χ1) is 22.4. The first-order valence-electron chi connectivity index (χ1n) is 15.7. The van der Waals surface area contributed by atoms with E-state index in [9.17, 15) is 27.9 Å². The lowest BCUT2D eigenvalue weighted by Crippen LogP contribution is -2.33. The number of urea groups is 1. The van der Waals surface area contributed by atoms with Crippen molar-refractivity contribution in [2.75, 3.05) is 11.9 Å². The van der Waals surface area contributed by atoms with Crippen molar-refractivity contribution in [2.45, 2.75) is 71.4 Å². The molecule has 0 atom stereocenters. The number of halogens is 3. The number of amides is 2. The number of aliphatic carboxylic acids is 1. The summed E-state index contributed by atoms with van der Waals surface area (Å²) in [5, 5.41) is 23.4. The molecule has 9 nitrogen and oxygen atoms in total. The molecule has 250 valence electrons. The molecule has 1 fully saturated rings. The standard InChI is InChI=1S/C33H38N4O3.C2HF3O2/c1-3-4-15-30-36-27-18-16-25(35-33(40)34-21-23-11-7-5-8-12-23)20-29(27)37(30)28-19-17-26(24-13-9-6-10-14-24)31(22(28)2)32(38)39;3-2(4,5)1(6)7/h6,9-10,13-14,16-20,23H,3-5,7-8,11-12,15,21H2,1-2H3,(H,38,39)(H2,34,35,40);(H,6,7). The number of alkyl halides is 3. The molecule has 47 heavy (non-hydrogen) atoms. The van der Waals surface area contributed by atoms with Crippen molar-refractivity contribution in [1.82, 2.24) is 14.9 Å². The SMILES string of the molecule is CCCCc1nc2ccc(NC(=O)NCC3CCCCC3)cc2n1-c1ccc(-c2ccccc2)c(C(=O)O)c1C.O=C(O)C(F)(F)F. The summed E-state index contributed by atoms with van der Waals surface area (Å²) in [6.45, 7) is 4.70. The zero-order valence-electron chi connectivity index (χ0n) is 26.4. The molecule has 4 N–H and O–H groups in total. The molecule has 0 bridgehead atoms. The minimum absolute atomic E-state index is 0.209. The highest BCUT2D eigenvalue weighted by atomic mass is 19.4. The normalized spacial score (nSPS) is 13.5. The number of hydrogen-bond acceptors (Lipinski definition) is 4. The molecule has 1 aliphatic carbocycles. The van der Waals surface area contributed by atoms with E-state index in [1.54, 1.807) is 0 Å². The molecule has 3 aromatic carbocycles. The fourth-order valence-corrected chi connectivity index (χ4v) is 5.85. The number of nitrogens with zero attached hydrogens (tertiary/aromatic N) is 2. The average Bonchev–Trinajstić information content (AvgIpc) is 3.40. The van der Waals surface area contributed by atoms with Gasteiger partial charge in [-0.25, -0.2) is 19.4 Å². The van der Waals surface area contributed by atoms with Crippen LogP contribution in [0.25, 0.3) is 27.8 Å². The number of nitrogens with one attached hydrogen (secondary N) is 2. The zero-order chi connectivity index (χ0) is 34.1. The highest BCUT2D eigenvalue weighted by Crippen LogP contribution is 2.33. The van der Waals surface area contributed by atoms with Gasteiger partial charge in [0.25, 0.3) is 0 Å². The smallest absolute Gasteiger partial charge is 0.478 e. The van der Waals surface area contributed by atoms with E-state index in [1.165, 1.54) is 32.1 Å². The van der Waals surface area contributed by atoms with Crippen LogP contribution in [0.15, 0.2) is 60.7 Å². The topological polar surface area (TPSA) is 134 Å². The van der Waals surface area contributed by atoms with E-state index in [2.05, 4.69) is 22.1 Å². The Bertz CT molecular complexity index is 1710. The lowest BCUT2D eigenvalue weighted by molar-refractivity contribution is -0.192. The van der Waals surface area contributed by atoms with Gasteiger partial charge in [0.15, 0.2) is 0 Å². The number of hydrogen-bond donors (Lipinski definition) is 4. The van der Waals surface area contributed by atoms with E-state index in [1.807, 2.05) is 67.6 Å². The van der Waals surface area contributed by atoms with Gasteiger partial charge in [-0.15, -0.1) is 0 Å². The largest absolute Gasteiger partial charge is 0.490 e. The van der Waals surface area contributed by atoms with Crippen LogP contribution < -0.4 is 10.6 Å². The molecule has 5 rings (SSSR count). The number of unbranched alkanes of at least 4 members (excludes halogenated alkanes) is 1. The number of carbonyl (C=O) groups excluding carboxylic acids is 1. The van der Waals surface area contributed by atoms with Crippen molar-refractivity contribution in [3.63, 3.8) is 0 Å². The number of rotatable bonds is 9. The minimum atomic E-state index is -5.08. The van der Waals surface area contributed by atoms with Gasteiger partial charge in [-0.05, 0) is 73.1 Å². The summed E-state index contributed by atoms with van der Waals surface area (Å²) >= 11 is 0. The first-order valence-corrected chi connectivity index (χ1v) is 15.7. The van der Waals surface area contributed by atoms with Gasteiger partial charge in [-0.1, -0.05) is 69.0 Å². The third-order valence-electron chi connectivity index (χ3n) is 8.23. The molecular weight excluding hydrogens is 613 g/mol. The summed E-state index contributed by atoms with van der Waals surface area (Å²) in [5.74, 6) is -2.29. The predicted molar refractivity (Wildman–Crippen MR) is 174 cm³/mol. The maximum Gasteiger partial charge on any atom is 0.490 e. The van der Waals surface area contributed by atoms with Gasteiger partial charge in [-0.2, -0.15) is 13.2 Å². The molecule has 4 aromatic rings. The van der Waals surface area contributed by atoms with Gasteiger partial charge in [0, 0.05) is 18.7 Å². The van der Waals surface area contributed by atoms with Gasteiger partial charge in [0.05, 0.1) is 22.3 Å². The molecule has 1 aromatic heterocycles. The summed E-state index contributed by atoms with van der Waals surface area (Å²) in [4.78, 5) is 39.1. The van der Waals surface area contributed by atoms with Crippen molar-refractivity contribution in [3.8, 4) is 16.8 Å². The molecular formula is C35H39F3N4O5. The summed E-state index contributed by atoms with van der Waals surface area (Å²) in [6.07, 6.45) is 3.78. The van der Waals surface area contributed by atoms with Crippen LogP contribution in [-0.4, -0.2) is 50.5 Å². The Hall–Kier alpha value is -4.87. The second kappa shape index (κ2) is 15.6. The van der Waals surface area contributed by atoms with Crippen LogP contribution in [0.5, 0.6) is 0 Å². The van der Waals surface area contributed by atoms with Gasteiger partial charge >= 0.3 is 24.1 Å². The molecule has 0 radical (unpaired) electrons. The van der Waals surface area contributed by atoms with Crippen LogP contribution in [0, 0.1) is 12.8 Å². The van der Waals surface area contributed by atoms with Gasteiger partial charge in [0.1, 0.15) is 5.82 Å². The molecule has 0 unspecified atom stereocenters. The number of aromatic carboxylic acids is 1. The summed E-state index contributed by atoms with van der Waals surface area (Å²) in [5.41, 5.74) is 5.61. The number of anilines is 1. The van der Waals surface area contributed by atoms with Crippen LogP contribution >= 0.6 is 0 Å². The molecule has 1 saturated carbocycles. The van der Waals surface area contributed by atoms with Gasteiger partial charge < -0.3 is 20.8 Å². The minimum Gasteiger partial charge on any atom is -0.478 e. The van der Waals surface area contributed by atoms with Crippen molar-refractivity contribution >= 4 is 34.7 Å². The number of carboxylic acids is 2. The first kappa shape index (κ1) is 35.0. The molecule has 1 aliphatic rings. The maximum absolute atomic E-state index is 12.7. The van der Waals surface area contributed by atoms with E-state index >= 15 is 0 Å². The van der Waals surface area contributed by atoms with E-state index < -0.39 is 18.1 Å². The zero-order valence-corrected chi connectivity index (χ0v) is 26.4. The molecule has 1 heterocycles. The Morgan fingerprint density at radius 3 is 2.28 bits per heavy atom. The number of fused-ring (bicyclic) bond motifs is 1. The summed E-state index contributed by atoms with van der Waals surface area (Å²) < 4.78 is 33.8. The average molecular weight is 653 g/mol. The van der Waals surface area contributed by atoms with Crippen molar-refractivity contribution in [2.24, 2.45) is 5.92 Å². The van der Waals surface area contributed by atoms with Crippen molar-refractivity contribution in [3.05, 3.63) is 77.6 Å². The Labute approximate surface area is 270 Å². The van der Waals surface area contributed by atoms with Crippen LogP contribution in [0.2, 0.25) is 0 Å². The molecule has 12 heteroatoms. The van der Waals surface area contributed by atoms with E-state index in [0.717, 1.165) is 47.4 Å². The van der Waals surface area contributed by atoms with E-state index in [0.29, 0.717) is 29.3 Å². The Morgan fingerprint density at radius 1 is 0.979 bits per heavy atom. The second-order valence-corrected chi connectivity index (χ2v) is 11.6. The van der Waals surface area contributed by atoms with Crippen molar-refractivity contribution < 1.29 is 37.8 Å². The molecule has 0 saturated heterocycles. The van der Waals surface area contributed by atoms with Crippen molar-refractivity contribution in [1.29, 1.82) is 0 Å². The molecule has 0 aliphatic heterocycles. The summed E-state index contributed by atoms with van der Waals surface area (Å²) in [7, 11) is 0. The number of benzene rings is 3. The van der Waals surface area contributed by atoms with E-state index in [4.69, 9.17) is 14.9 Å². The highest BCUT2D eigenvalue weighted by Gasteiger charge is 2.38. The number of aryl methyl sites for hydroxylation is 1. The third kappa shape index (κ3) is 8.90. The lowest BCUT2D eigenvalue weighted by atomic mass is 9.89. The molecule has 2 amide bonds. The Morgan fingerprint density at radius 2 is 1.66 bits per heavy atom. The van der Waals surface area contributed by atoms with Crippen LogP contribution in [0.4, 0.5) is 23.7 Å². The number of aromatic nitrogens is 2. The fourth-order valence-electron chi connectivity index (χ4n) is 5.85. The number of imidazole rings is 1. The third-order valence-corrected chi connectivity index (χ3v) is 8.23. The fraction of sp³-hybridized carbons (Fsp3) is 0.371. The number of carboxylic acid groups (broad SMARTS) is 2. The Kier molecular flexibility index (Phi) is 11.6. The van der Waals surface area contributed by atoms with Crippen LogP contribution in [-0.2, 0) is 11.2 Å². The second-order valence-electron chi connectivity index (χ2n) is 11.6. The Balaban J connectivity index is 0.000000644. The quantitative estimate of drug-likeness (QED) is 0.144. The van der Waals surface area contributed by atoms with Gasteiger partial charge in [-0.3, -0.25) is 4.57 Å². The maximum atomic E-state index is 12.7. The monoisotopic (exact) mass is 652 g/mol. The van der Waals surface area contributed by atoms with Crippen LogP contribution in [0.3, 0.4) is 0 Å². The van der Waals surface area contributed by atoms with E-state index in [-0.39, 0.29) is 11.6 Å².